The highest BCUT2D eigenvalue weighted by Gasteiger charge is 2.28. The predicted octanol–water partition coefficient (Wildman–Crippen LogP) is 16.9. The van der Waals surface area contributed by atoms with Crippen LogP contribution in [0.2, 0.25) is 0 Å². The second-order valence-corrected chi connectivity index (χ2v) is 21.6. The number of aliphatic carboxylic acids is 1. The van der Waals surface area contributed by atoms with E-state index in [9.17, 15) is 34.1 Å². The van der Waals surface area contributed by atoms with E-state index in [4.69, 9.17) is 13.8 Å². The molecule has 4 N–H and O–H groups in total. The maximum Gasteiger partial charge on any atom is 0.472 e. The van der Waals surface area contributed by atoms with Gasteiger partial charge in [-0.15, -0.1) is 0 Å². The number of aliphatic hydroxyl groups is 1. The fourth-order valence-corrected chi connectivity index (χ4v) is 9.43. The highest BCUT2D eigenvalue weighted by atomic mass is 31.2. The van der Waals surface area contributed by atoms with Crippen molar-refractivity contribution in [3.63, 3.8) is 0 Å². The Balaban J connectivity index is 3.74. The van der Waals surface area contributed by atoms with Gasteiger partial charge in [0.05, 0.1) is 13.2 Å². The third-order valence-corrected chi connectivity index (χ3v) is 14.2. The number of carbonyl (C=O) groups is 3. The zero-order valence-corrected chi connectivity index (χ0v) is 46.2. The third-order valence-electron chi connectivity index (χ3n) is 13.2. The summed E-state index contributed by atoms with van der Waals surface area (Å²) in [5.41, 5.74) is 0. The van der Waals surface area contributed by atoms with Crippen LogP contribution in [0.3, 0.4) is 0 Å². The van der Waals surface area contributed by atoms with Crippen LogP contribution in [0.4, 0.5) is 0 Å². The van der Waals surface area contributed by atoms with E-state index in [1.807, 2.05) is 0 Å². The first-order valence-electron chi connectivity index (χ1n) is 29.4. The number of carboxylic acids is 1. The molecule has 0 saturated carbocycles. The molecule has 412 valence electrons. The van der Waals surface area contributed by atoms with E-state index >= 15 is 0 Å². The highest BCUT2D eigenvalue weighted by Crippen LogP contribution is 2.43. The van der Waals surface area contributed by atoms with Crippen molar-refractivity contribution in [3.8, 4) is 0 Å². The number of carbonyl (C=O) groups excluding carboxylic acids is 2. The summed E-state index contributed by atoms with van der Waals surface area (Å²) in [4.78, 5) is 46.3. The number of nitrogens with one attached hydrogen (secondary N) is 1. The average molecular weight is 1010 g/mol. The summed E-state index contributed by atoms with van der Waals surface area (Å²) in [6.45, 7) is 2.65. The molecule has 0 aliphatic heterocycles. The first-order valence-corrected chi connectivity index (χ1v) is 30.9. The number of allylic oxidation sites excluding steroid dienone is 4. The molecule has 0 aromatic heterocycles. The molecule has 0 radical (unpaired) electrons. The summed E-state index contributed by atoms with van der Waals surface area (Å²) < 4.78 is 27.0. The highest BCUT2D eigenvalue weighted by molar-refractivity contribution is 7.47. The van der Waals surface area contributed by atoms with Gasteiger partial charge >= 0.3 is 19.8 Å². The predicted molar refractivity (Wildman–Crippen MR) is 291 cm³/mol. The van der Waals surface area contributed by atoms with Gasteiger partial charge in [0.1, 0.15) is 12.7 Å². The molecule has 70 heavy (non-hydrogen) atoms. The molecule has 0 bridgehead atoms. The molecule has 0 fully saturated rings. The van der Waals surface area contributed by atoms with Crippen LogP contribution in [0, 0.1) is 0 Å². The Bertz CT molecular complexity index is 1280. The molecule has 3 unspecified atom stereocenters. The topological polar surface area (TPSA) is 169 Å². The monoisotopic (exact) mass is 1010 g/mol. The van der Waals surface area contributed by atoms with E-state index in [-0.39, 0.29) is 12.8 Å². The molecule has 0 aliphatic carbocycles. The number of amides is 1. The lowest BCUT2D eigenvalue weighted by atomic mass is 10.0. The molecule has 0 spiro atoms. The van der Waals surface area contributed by atoms with Crippen molar-refractivity contribution < 1.29 is 47.8 Å². The molecule has 0 saturated heterocycles. The molecule has 0 aliphatic rings. The van der Waals surface area contributed by atoms with E-state index in [0.29, 0.717) is 12.8 Å². The summed E-state index contributed by atoms with van der Waals surface area (Å²) in [7, 11) is -4.76. The van der Waals surface area contributed by atoms with Crippen molar-refractivity contribution in [1.82, 2.24) is 5.32 Å². The fraction of sp³-hybridized carbons (Fsp3) is 0.879. The van der Waals surface area contributed by atoms with Crippen LogP contribution in [0.15, 0.2) is 24.3 Å². The first kappa shape index (κ1) is 68.0. The van der Waals surface area contributed by atoms with Crippen molar-refractivity contribution in [2.75, 3.05) is 19.8 Å². The molecule has 0 rings (SSSR count). The fourth-order valence-electron chi connectivity index (χ4n) is 8.66. The molecular weight excluding hydrogens is 902 g/mol. The number of esters is 1. The van der Waals surface area contributed by atoms with Gasteiger partial charge in [-0.05, 0) is 64.2 Å². The Morgan fingerprint density at radius 3 is 1.09 bits per heavy atom. The zero-order valence-electron chi connectivity index (χ0n) is 45.3. The molecule has 11 nitrogen and oxygen atoms in total. The van der Waals surface area contributed by atoms with E-state index in [0.717, 1.165) is 38.5 Å². The van der Waals surface area contributed by atoms with Crippen LogP contribution >= 0.6 is 7.82 Å². The number of aliphatic hydroxyl groups excluding tert-OH is 1. The lowest BCUT2D eigenvalue weighted by Gasteiger charge is -2.18. The number of hydrogen-bond donors (Lipinski definition) is 4. The minimum atomic E-state index is -4.76. The summed E-state index contributed by atoms with van der Waals surface area (Å²) in [5, 5.41) is 22.0. The Morgan fingerprint density at radius 2 is 0.743 bits per heavy atom. The Hall–Kier alpha value is -2.04. The molecule has 3 atom stereocenters. The van der Waals surface area contributed by atoms with Gasteiger partial charge in [0.15, 0.2) is 6.04 Å². The van der Waals surface area contributed by atoms with Crippen LogP contribution in [0.25, 0.3) is 0 Å². The quantitative estimate of drug-likeness (QED) is 0.0199. The number of carboxylic acid groups (broad SMARTS) is 1. The first-order chi connectivity index (χ1) is 34.1. The molecule has 0 aromatic rings. The second kappa shape index (κ2) is 53.3. The van der Waals surface area contributed by atoms with Gasteiger partial charge in [-0.1, -0.05) is 244 Å². The lowest BCUT2D eigenvalue weighted by molar-refractivity contribution is -0.147. The van der Waals surface area contributed by atoms with Gasteiger partial charge in [-0.3, -0.25) is 18.6 Å². The standard InChI is InChI=1S/C58H110NO10P/c1-3-5-7-9-11-13-15-17-19-21-23-25-27-29-31-33-35-37-39-41-43-45-47-49-56(61)59-55(58(63)64)53-69-70(65,66)68-52-54(60)51-67-57(62)50-48-46-44-42-40-38-36-34-32-30-28-26-24-22-20-18-16-14-12-10-8-6-4-2/h17-20,54-55,60H,3-16,21-53H2,1-2H3,(H,59,61)(H,63,64)(H,65,66)/b19-17+,20-18+. The lowest BCUT2D eigenvalue weighted by Crippen LogP contribution is -2.43. The summed E-state index contributed by atoms with van der Waals surface area (Å²) in [6.07, 6.45) is 60.6. The normalized spacial score (nSPS) is 13.5. The minimum Gasteiger partial charge on any atom is -0.480 e. The number of hydrogen-bond acceptors (Lipinski definition) is 8. The summed E-state index contributed by atoms with van der Waals surface area (Å²) in [5.74, 6) is -2.35. The largest absolute Gasteiger partial charge is 0.480 e. The Labute approximate surface area is 429 Å². The van der Waals surface area contributed by atoms with Crippen LogP contribution in [0.5, 0.6) is 0 Å². The number of phosphoric acid groups is 1. The number of phosphoric ester groups is 1. The maximum atomic E-state index is 12.4. The van der Waals surface area contributed by atoms with Gasteiger partial charge in [-0.25, -0.2) is 9.36 Å². The van der Waals surface area contributed by atoms with Crippen LogP contribution < -0.4 is 5.32 Å². The van der Waals surface area contributed by atoms with E-state index in [1.54, 1.807) is 0 Å². The van der Waals surface area contributed by atoms with Gasteiger partial charge in [0.2, 0.25) is 5.91 Å². The Kier molecular flexibility index (Phi) is 51.7. The molecule has 12 heteroatoms. The molecule has 0 heterocycles. The molecular formula is C58H110NO10P. The van der Waals surface area contributed by atoms with Crippen LogP contribution in [-0.2, 0) is 32.7 Å². The summed E-state index contributed by atoms with van der Waals surface area (Å²) >= 11 is 0. The minimum absolute atomic E-state index is 0.149. The number of rotatable bonds is 56. The van der Waals surface area contributed by atoms with E-state index in [2.05, 4.69) is 43.5 Å². The second-order valence-electron chi connectivity index (χ2n) is 20.2. The average Bonchev–Trinajstić information content (AvgIpc) is 3.34. The SMILES string of the molecule is CCCCCCCC/C=C/CCCCCCCCCCCCCCCC(=O)NC(COP(=O)(O)OCC(O)COC(=O)CCCCCCCCCCCCCCC/C=C/CCCCCCCC)C(=O)O. The Morgan fingerprint density at radius 1 is 0.443 bits per heavy atom. The molecule has 1 amide bonds. The summed E-state index contributed by atoms with van der Waals surface area (Å²) in [6, 6.07) is -1.55. The van der Waals surface area contributed by atoms with Crippen molar-refractivity contribution in [1.29, 1.82) is 0 Å². The van der Waals surface area contributed by atoms with E-state index in [1.165, 1.54) is 218 Å². The van der Waals surface area contributed by atoms with Crippen LogP contribution in [-0.4, -0.2) is 64.9 Å². The van der Waals surface area contributed by atoms with Crippen molar-refractivity contribution in [2.45, 2.75) is 309 Å². The molecule has 0 aromatic carbocycles. The van der Waals surface area contributed by atoms with Gasteiger partial charge in [-0.2, -0.15) is 0 Å². The smallest absolute Gasteiger partial charge is 0.472 e. The van der Waals surface area contributed by atoms with Gasteiger partial charge in [0, 0.05) is 12.8 Å². The van der Waals surface area contributed by atoms with Crippen molar-refractivity contribution in [2.24, 2.45) is 0 Å². The van der Waals surface area contributed by atoms with Crippen LogP contribution in [0.1, 0.15) is 296 Å². The zero-order chi connectivity index (χ0) is 51.3. The van der Waals surface area contributed by atoms with E-state index < -0.39 is 57.6 Å². The van der Waals surface area contributed by atoms with Crippen molar-refractivity contribution >= 4 is 25.7 Å². The van der Waals surface area contributed by atoms with Crippen molar-refractivity contribution in [3.05, 3.63) is 24.3 Å². The van der Waals surface area contributed by atoms with Gasteiger partial charge < -0.3 is 25.2 Å². The maximum absolute atomic E-state index is 12.4. The number of unbranched alkanes of at least 4 members (excludes halogenated alkanes) is 38. The third kappa shape index (κ3) is 52.3. The number of ether oxygens (including phenoxy) is 1. The van der Waals surface area contributed by atoms with Gasteiger partial charge in [0.25, 0.3) is 0 Å².